The maximum absolute atomic E-state index is 14.9. The SMILES string of the molecule is CO[C@@]1(c2ccc(F)cc2)c2c(F)ccnc2N(CC(N)=O)C(=O)C1C. The average Bonchev–Trinajstić information content (AvgIpc) is 2.61. The van der Waals surface area contributed by atoms with Crippen molar-refractivity contribution in [2.75, 3.05) is 18.6 Å². The quantitative estimate of drug-likeness (QED) is 0.898. The number of hydrogen-bond donors (Lipinski definition) is 1. The number of halogens is 2. The van der Waals surface area contributed by atoms with Crippen molar-refractivity contribution in [3.05, 3.63) is 59.3 Å². The summed E-state index contributed by atoms with van der Waals surface area (Å²) in [5, 5.41) is 0. The first-order valence-electron chi connectivity index (χ1n) is 7.88. The number of methoxy groups -OCH3 is 1. The standard InChI is InChI=1S/C18H17F2N3O3/c1-10-17(25)23(9-14(21)24)16-15(13(20)7-8-22-16)18(10,26-2)11-3-5-12(19)6-4-11/h3-8,10H,9H2,1-2H3,(H2,21,24)/t10?,18-/m0/s1. The van der Waals surface area contributed by atoms with Crippen molar-refractivity contribution < 1.29 is 23.1 Å². The smallest absolute Gasteiger partial charge is 0.237 e. The van der Waals surface area contributed by atoms with E-state index >= 15 is 0 Å². The number of amides is 2. The van der Waals surface area contributed by atoms with Gasteiger partial charge >= 0.3 is 0 Å². The average molecular weight is 361 g/mol. The molecule has 2 aromatic rings. The molecule has 26 heavy (non-hydrogen) atoms. The van der Waals surface area contributed by atoms with Crippen LogP contribution in [0.4, 0.5) is 14.6 Å². The number of benzene rings is 1. The van der Waals surface area contributed by atoms with Crippen LogP contribution < -0.4 is 10.6 Å². The molecular weight excluding hydrogens is 344 g/mol. The van der Waals surface area contributed by atoms with E-state index in [2.05, 4.69) is 4.98 Å². The highest BCUT2D eigenvalue weighted by atomic mass is 19.1. The molecule has 8 heteroatoms. The van der Waals surface area contributed by atoms with Gasteiger partial charge < -0.3 is 10.5 Å². The summed E-state index contributed by atoms with van der Waals surface area (Å²) < 4.78 is 33.9. The van der Waals surface area contributed by atoms with Gasteiger partial charge in [-0.15, -0.1) is 0 Å². The summed E-state index contributed by atoms with van der Waals surface area (Å²) >= 11 is 0. The Morgan fingerprint density at radius 2 is 1.96 bits per heavy atom. The Balaban J connectivity index is 2.33. The zero-order chi connectivity index (χ0) is 19.1. The molecule has 136 valence electrons. The third kappa shape index (κ3) is 2.53. The van der Waals surface area contributed by atoms with Crippen molar-refractivity contribution in [1.82, 2.24) is 4.98 Å². The van der Waals surface area contributed by atoms with Crippen molar-refractivity contribution in [2.24, 2.45) is 11.7 Å². The fraction of sp³-hybridized carbons (Fsp3) is 0.278. The van der Waals surface area contributed by atoms with Crippen LogP contribution >= 0.6 is 0 Å². The molecule has 0 saturated heterocycles. The van der Waals surface area contributed by atoms with Crippen LogP contribution in [0.5, 0.6) is 0 Å². The molecule has 2 amide bonds. The third-order valence-electron chi connectivity index (χ3n) is 4.66. The van der Waals surface area contributed by atoms with Gasteiger partial charge in [0.25, 0.3) is 0 Å². The maximum Gasteiger partial charge on any atom is 0.237 e. The van der Waals surface area contributed by atoms with Crippen molar-refractivity contribution in [1.29, 1.82) is 0 Å². The topological polar surface area (TPSA) is 85.5 Å². The molecule has 0 aliphatic carbocycles. The van der Waals surface area contributed by atoms with Gasteiger partial charge in [-0.1, -0.05) is 19.1 Å². The van der Waals surface area contributed by atoms with Crippen molar-refractivity contribution in [3.63, 3.8) is 0 Å². The van der Waals surface area contributed by atoms with Crippen LogP contribution in [0.25, 0.3) is 0 Å². The van der Waals surface area contributed by atoms with E-state index in [0.29, 0.717) is 5.56 Å². The van der Waals surface area contributed by atoms with Crippen LogP contribution in [0, 0.1) is 17.6 Å². The summed E-state index contributed by atoms with van der Waals surface area (Å²) in [6, 6.07) is 6.42. The number of rotatable bonds is 4. The fourth-order valence-corrected chi connectivity index (χ4v) is 3.50. The second-order valence-corrected chi connectivity index (χ2v) is 6.05. The van der Waals surface area contributed by atoms with Gasteiger partial charge in [0, 0.05) is 13.3 Å². The van der Waals surface area contributed by atoms with Gasteiger partial charge in [-0.25, -0.2) is 13.8 Å². The molecule has 0 fully saturated rings. The molecule has 1 aliphatic rings. The van der Waals surface area contributed by atoms with E-state index in [1.54, 1.807) is 6.92 Å². The zero-order valence-corrected chi connectivity index (χ0v) is 14.2. The predicted molar refractivity (Wildman–Crippen MR) is 89.1 cm³/mol. The largest absolute Gasteiger partial charge is 0.368 e. The van der Waals surface area contributed by atoms with Crippen molar-refractivity contribution >= 4 is 17.6 Å². The number of nitrogens with two attached hydrogens (primary N) is 1. The van der Waals surface area contributed by atoms with Gasteiger partial charge in [0.1, 0.15) is 29.6 Å². The third-order valence-corrected chi connectivity index (χ3v) is 4.66. The minimum Gasteiger partial charge on any atom is -0.368 e. The van der Waals surface area contributed by atoms with Gasteiger partial charge in [-0.3, -0.25) is 14.5 Å². The summed E-state index contributed by atoms with van der Waals surface area (Å²) in [6.45, 7) is 1.12. The maximum atomic E-state index is 14.9. The number of ether oxygens (including phenoxy) is 1. The van der Waals surface area contributed by atoms with Gasteiger partial charge in [0.15, 0.2) is 0 Å². The van der Waals surface area contributed by atoms with Crippen LogP contribution in [0.3, 0.4) is 0 Å². The van der Waals surface area contributed by atoms with Gasteiger partial charge in [-0.05, 0) is 23.8 Å². The number of aromatic nitrogens is 1. The number of primary amides is 1. The van der Waals surface area contributed by atoms with Gasteiger partial charge in [-0.2, -0.15) is 0 Å². The molecular formula is C18H17F2N3O3. The summed E-state index contributed by atoms with van der Waals surface area (Å²) in [4.78, 5) is 29.5. The van der Waals surface area contributed by atoms with E-state index in [1.165, 1.54) is 37.6 Å². The number of nitrogens with zero attached hydrogens (tertiary/aromatic N) is 2. The first-order chi connectivity index (χ1) is 12.3. The van der Waals surface area contributed by atoms with Crippen molar-refractivity contribution in [3.8, 4) is 0 Å². The molecule has 2 N–H and O–H groups in total. The number of pyridine rings is 1. The second-order valence-electron chi connectivity index (χ2n) is 6.05. The normalized spacial score (nSPS) is 22.2. The number of fused-ring (bicyclic) bond motifs is 1. The lowest BCUT2D eigenvalue weighted by Gasteiger charge is -2.45. The first-order valence-corrected chi connectivity index (χ1v) is 7.88. The lowest BCUT2D eigenvalue weighted by atomic mass is 9.73. The Morgan fingerprint density at radius 1 is 1.31 bits per heavy atom. The van der Waals surface area contributed by atoms with Gasteiger partial charge in [0.05, 0.1) is 11.5 Å². The van der Waals surface area contributed by atoms with Crippen molar-refractivity contribution in [2.45, 2.75) is 12.5 Å². The molecule has 3 rings (SSSR count). The highest BCUT2D eigenvalue weighted by Gasteiger charge is 2.53. The summed E-state index contributed by atoms with van der Waals surface area (Å²) in [6.07, 6.45) is 1.19. The minimum atomic E-state index is -1.52. The summed E-state index contributed by atoms with van der Waals surface area (Å²) in [5.41, 5.74) is 4.11. The van der Waals surface area contributed by atoms with E-state index in [9.17, 15) is 18.4 Å². The molecule has 1 unspecified atom stereocenters. The van der Waals surface area contributed by atoms with E-state index in [1.807, 2.05) is 0 Å². The minimum absolute atomic E-state index is 0.00228. The molecule has 0 radical (unpaired) electrons. The van der Waals surface area contributed by atoms with Crippen LogP contribution in [-0.4, -0.2) is 30.5 Å². The molecule has 1 aromatic heterocycles. The lowest BCUT2D eigenvalue weighted by molar-refractivity contribution is -0.134. The fourth-order valence-electron chi connectivity index (χ4n) is 3.50. The predicted octanol–water partition coefficient (Wildman–Crippen LogP) is 1.72. The molecule has 2 heterocycles. The number of anilines is 1. The Morgan fingerprint density at radius 3 is 2.54 bits per heavy atom. The van der Waals surface area contributed by atoms with E-state index < -0.39 is 41.5 Å². The number of hydrogen-bond acceptors (Lipinski definition) is 4. The van der Waals surface area contributed by atoms with E-state index in [4.69, 9.17) is 10.5 Å². The Kier molecular flexibility index (Phi) is 4.45. The molecule has 0 spiro atoms. The Bertz CT molecular complexity index is 872. The van der Waals surface area contributed by atoms with Crippen LogP contribution in [0.1, 0.15) is 18.1 Å². The molecule has 0 saturated carbocycles. The molecule has 1 aliphatic heterocycles. The number of carbonyl (C=O) groups excluding carboxylic acids is 2. The van der Waals surface area contributed by atoms with E-state index in [0.717, 1.165) is 11.0 Å². The van der Waals surface area contributed by atoms with Crippen LogP contribution in [0.15, 0.2) is 36.5 Å². The summed E-state index contributed by atoms with van der Waals surface area (Å²) in [7, 11) is 1.34. The Labute approximate surface area is 148 Å². The second kappa shape index (κ2) is 6.45. The molecule has 2 atom stereocenters. The van der Waals surface area contributed by atoms with Crippen LogP contribution in [0.2, 0.25) is 0 Å². The first kappa shape index (κ1) is 17.9. The molecule has 0 bridgehead atoms. The summed E-state index contributed by atoms with van der Waals surface area (Å²) in [5.74, 6) is -3.34. The highest BCUT2D eigenvalue weighted by Crippen LogP contribution is 2.48. The highest BCUT2D eigenvalue weighted by molar-refractivity contribution is 6.02. The monoisotopic (exact) mass is 361 g/mol. The van der Waals surface area contributed by atoms with Gasteiger partial charge in [0.2, 0.25) is 11.8 Å². The van der Waals surface area contributed by atoms with E-state index in [-0.39, 0.29) is 11.4 Å². The molecule has 6 nitrogen and oxygen atoms in total. The Hall–Kier alpha value is -2.87. The number of carbonyl (C=O) groups is 2. The van der Waals surface area contributed by atoms with Crippen LogP contribution in [-0.2, 0) is 19.9 Å². The zero-order valence-electron chi connectivity index (χ0n) is 14.2. The lowest BCUT2D eigenvalue weighted by Crippen LogP contribution is -2.55. The molecule has 1 aromatic carbocycles.